The summed E-state index contributed by atoms with van der Waals surface area (Å²) in [5.41, 5.74) is 0.0753. The van der Waals surface area contributed by atoms with Crippen molar-refractivity contribution in [2.24, 2.45) is 16.7 Å². The summed E-state index contributed by atoms with van der Waals surface area (Å²) in [4.78, 5) is 39.1. The SMILES string of the molecule is CC1(C)C2CCC1(C)C(NC(=O)CCn1c(=O)[nH]c(=O)c3ccccc31)C2. The Balaban J connectivity index is 1.49. The van der Waals surface area contributed by atoms with E-state index in [1.54, 1.807) is 24.3 Å². The molecule has 6 nitrogen and oxygen atoms in total. The van der Waals surface area contributed by atoms with Crippen LogP contribution >= 0.6 is 0 Å². The average Bonchev–Trinajstić information content (AvgIpc) is 2.95. The normalized spacial score (nSPS) is 28.6. The number of rotatable bonds is 4. The van der Waals surface area contributed by atoms with Crippen molar-refractivity contribution in [1.29, 1.82) is 0 Å². The third kappa shape index (κ3) is 2.65. The van der Waals surface area contributed by atoms with Crippen LogP contribution in [0.25, 0.3) is 10.9 Å². The maximum absolute atomic E-state index is 12.6. The van der Waals surface area contributed by atoms with Crippen LogP contribution in [0.2, 0.25) is 0 Å². The highest BCUT2D eigenvalue weighted by Crippen LogP contribution is 2.65. The minimum Gasteiger partial charge on any atom is -0.353 e. The van der Waals surface area contributed by atoms with Crippen molar-refractivity contribution in [3.05, 3.63) is 45.1 Å². The smallest absolute Gasteiger partial charge is 0.328 e. The van der Waals surface area contributed by atoms with Crippen LogP contribution < -0.4 is 16.6 Å². The second-order valence-electron chi connectivity index (χ2n) is 8.91. The minimum absolute atomic E-state index is 0.0354. The number of fused-ring (bicyclic) bond motifs is 3. The van der Waals surface area contributed by atoms with E-state index in [1.165, 1.54) is 11.0 Å². The molecule has 2 bridgehead atoms. The van der Waals surface area contributed by atoms with Gasteiger partial charge in [-0.05, 0) is 48.1 Å². The lowest BCUT2D eigenvalue weighted by Gasteiger charge is -2.39. The van der Waals surface area contributed by atoms with Crippen molar-refractivity contribution in [3.8, 4) is 0 Å². The van der Waals surface area contributed by atoms with Gasteiger partial charge in [0.1, 0.15) is 0 Å². The Morgan fingerprint density at radius 2 is 2.00 bits per heavy atom. The van der Waals surface area contributed by atoms with Crippen molar-refractivity contribution in [3.63, 3.8) is 0 Å². The van der Waals surface area contributed by atoms with Crippen LogP contribution in [0.4, 0.5) is 0 Å². The third-order valence-electron chi connectivity index (χ3n) is 7.60. The number of hydrogen-bond acceptors (Lipinski definition) is 3. The summed E-state index contributed by atoms with van der Waals surface area (Å²) < 4.78 is 1.47. The van der Waals surface area contributed by atoms with Crippen LogP contribution in [0, 0.1) is 16.7 Å². The van der Waals surface area contributed by atoms with Crippen LogP contribution in [-0.4, -0.2) is 21.5 Å². The van der Waals surface area contributed by atoms with E-state index in [9.17, 15) is 14.4 Å². The number of H-pyrrole nitrogens is 1. The van der Waals surface area contributed by atoms with Gasteiger partial charge in [0, 0.05) is 19.0 Å². The van der Waals surface area contributed by atoms with Gasteiger partial charge in [0.05, 0.1) is 10.9 Å². The van der Waals surface area contributed by atoms with E-state index in [4.69, 9.17) is 0 Å². The molecule has 6 heteroatoms. The van der Waals surface area contributed by atoms with E-state index in [1.807, 2.05) is 0 Å². The van der Waals surface area contributed by atoms with Gasteiger partial charge < -0.3 is 5.32 Å². The molecule has 0 radical (unpaired) electrons. The van der Waals surface area contributed by atoms with Gasteiger partial charge in [-0.1, -0.05) is 32.9 Å². The summed E-state index contributed by atoms with van der Waals surface area (Å²) in [6.07, 6.45) is 3.65. The lowest BCUT2D eigenvalue weighted by molar-refractivity contribution is -0.123. The molecular weight excluding hydrogens is 342 g/mol. The van der Waals surface area contributed by atoms with E-state index in [-0.39, 0.29) is 35.7 Å². The van der Waals surface area contributed by atoms with Gasteiger partial charge in [-0.3, -0.25) is 19.1 Å². The molecule has 1 aromatic carbocycles. The molecule has 2 aliphatic rings. The number of aromatic nitrogens is 2. The topological polar surface area (TPSA) is 84.0 Å². The first-order valence-electron chi connectivity index (χ1n) is 9.75. The van der Waals surface area contributed by atoms with Gasteiger partial charge in [0.2, 0.25) is 5.91 Å². The molecule has 2 aliphatic carbocycles. The van der Waals surface area contributed by atoms with E-state index in [2.05, 4.69) is 31.1 Å². The Hall–Kier alpha value is -2.37. The fraction of sp³-hybridized carbons (Fsp3) is 0.571. The van der Waals surface area contributed by atoms with Crippen LogP contribution in [0.1, 0.15) is 46.5 Å². The standard InChI is InChI=1S/C21H27N3O3/c1-20(2)13-8-10-21(20,3)16(12-13)22-17(25)9-11-24-15-7-5-4-6-14(15)18(26)23-19(24)27/h4-7,13,16H,8-12H2,1-3H3,(H,22,25)(H,23,26,27). The minimum atomic E-state index is -0.473. The molecule has 2 saturated carbocycles. The number of para-hydroxylation sites is 1. The number of aromatic amines is 1. The molecule has 2 fully saturated rings. The second kappa shape index (κ2) is 6.08. The number of amides is 1. The fourth-order valence-electron chi connectivity index (χ4n) is 5.37. The molecule has 3 unspecified atom stereocenters. The van der Waals surface area contributed by atoms with Gasteiger partial charge >= 0.3 is 5.69 Å². The maximum atomic E-state index is 12.6. The van der Waals surface area contributed by atoms with E-state index in [0.29, 0.717) is 16.8 Å². The number of carbonyl (C=O) groups is 1. The maximum Gasteiger partial charge on any atom is 0.328 e. The zero-order chi connectivity index (χ0) is 19.4. The average molecular weight is 369 g/mol. The molecule has 1 heterocycles. The molecule has 27 heavy (non-hydrogen) atoms. The summed E-state index contributed by atoms with van der Waals surface area (Å²) >= 11 is 0. The summed E-state index contributed by atoms with van der Waals surface area (Å²) in [6, 6.07) is 7.17. The number of nitrogens with one attached hydrogen (secondary N) is 2. The fourth-order valence-corrected chi connectivity index (χ4v) is 5.37. The van der Waals surface area contributed by atoms with Crippen molar-refractivity contribution in [2.75, 3.05) is 0 Å². The number of aryl methyl sites for hydroxylation is 1. The molecule has 2 aromatic rings. The predicted molar refractivity (Wildman–Crippen MR) is 105 cm³/mol. The number of benzene rings is 1. The Morgan fingerprint density at radius 1 is 1.26 bits per heavy atom. The van der Waals surface area contributed by atoms with Crippen molar-refractivity contribution in [1.82, 2.24) is 14.9 Å². The third-order valence-corrected chi connectivity index (χ3v) is 7.60. The molecule has 4 rings (SSSR count). The van der Waals surface area contributed by atoms with E-state index in [0.717, 1.165) is 12.8 Å². The van der Waals surface area contributed by atoms with Crippen molar-refractivity contribution < 1.29 is 4.79 Å². The highest BCUT2D eigenvalue weighted by atomic mass is 16.2. The summed E-state index contributed by atoms with van der Waals surface area (Å²) in [7, 11) is 0. The summed E-state index contributed by atoms with van der Waals surface area (Å²) in [5.74, 6) is 0.630. The van der Waals surface area contributed by atoms with Gasteiger partial charge in [0.25, 0.3) is 5.56 Å². The van der Waals surface area contributed by atoms with E-state index >= 15 is 0 Å². The lowest BCUT2D eigenvalue weighted by atomic mass is 9.69. The first-order chi connectivity index (χ1) is 12.7. The Bertz CT molecular complexity index is 1020. The zero-order valence-corrected chi connectivity index (χ0v) is 16.2. The van der Waals surface area contributed by atoms with Crippen LogP contribution in [0.5, 0.6) is 0 Å². The monoisotopic (exact) mass is 369 g/mol. The van der Waals surface area contributed by atoms with Gasteiger partial charge in [0.15, 0.2) is 0 Å². The summed E-state index contributed by atoms with van der Waals surface area (Å²) in [5, 5.41) is 3.69. The lowest BCUT2D eigenvalue weighted by Crippen LogP contribution is -2.47. The quantitative estimate of drug-likeness (QED) is 0.868. The Labute approximate surface area is 158 Å². The molecular formula is C21H27N3O3. The summed E-state index contributed by atoms with van der Waals surface area (Å²) in [6.45, 7) is 7.19. The number of carbonyl (C=O) groups excluding carboxylic acids is 1. The Morgan fingerprint density at radius 3 is 2.67 bits per heavy atom. The molecule has 0 spiro atoms. The molecule has 0 aliphatic heterocycles. The van der Waals surface area contributed by atoms with E-state index < -0.39 is 11.2 Å². The van der Waals surface area contributed by atoms with Gasteiger partial charge in [-0.15, -0.1) is 0 Å². The molecule has 1 amide bonds. The first kappa shape index (κ1) is 18.0. The van der Waals surface area contributed by atoms with Gasteiger partial charge in [-0.25, -0.2) is 4.79 Å². The highest BCUT2D eigenvalue weighted by Gasteiger charge is 2.61. The zero-order valence-electron chi connectivity index (χ0n) is 16.2. The van der Waals surface area contributed by atoms with Crippen LogP contribution in [0.3, 0.4) is 0 Å². The van der Waals surface area contributed by atoms with Crippen LogP contribution in [-0.2, 0) is 11.3 Å². The second-order valence-corrected chi connectivity index (χ2v) is 8.91. The largest absolute Gasteiger partial charge is 0.353 e. The van der Waals surface area contributed by atoms with Gasteiger partial charge in [-0.2, -0.15) is 0 Å². The predicted octanol–water partition coefficient (Wildman–Crippen LogP) is 2.41. The van der Waals surface area contributed by atoms with Crippen LogP contribution in [0.15, 0.2) is 33.9 Å². The highest BCUT2D eigenvalue weighted by molar-refractivity contribution is 5.79. The molecule has 144 valence electrons. The molecule has 3 atom stereocenters. The molecule has 1 aromatic heterocycles. The molecule has 2 N–H and O–H groups in total. The number of hydrogen-bond donors (Lipinski definition) is 2. The first-order valence-corrected chi connectivity index (χ1v) is 9.75. The van der Waals surface area contributed by atoms with Crippen molar-refractivity contribution >= 4 is 16.8 Å². The molecule has 0 saturated heterocycles. The Kier molecular flexibility index (Phi) is 4.05. The number of nitrogens with zero attached hydrogens (tertiary/aromatic N) is 1. The van der Waals surface area contributed by atoms with Crippen molar-refractivity contribution in [2.45, 2.75) is 59.0 Å².